The van der Waals surface area contributed by atoms with Gasteiger partial charge in [-0.2, -0.15) is 0 Å². The topological polar surface area (TPSA) is 71.5 Å². The van der Waals surface area contributed by atoms with Crippen molar-refractivity contribution < 1.29 is 14.3 Å². The fourth-order valence-electron chi connectivity index (χ4n) is 3.10. The number of hydrogen-bond acceptors (Lipinski definition) is 5. The lowest BCUT2D eigenvalue weighted by atomic mass is 9.99. The zero-order valence-electron chi connectivity index (χ0n) is 15.8. The molecule has 1 aromatic carbocycles. The summed E-state index contributed by atoms with van der Waals surface area (Å²) in [6, 6.07) is 10.7. The van der Waals surface area contributed by atoms with Gasteiger partial charge in [0.1, 0.15) is 5.69 Å². The summed E-state index contributed by atoms with van der Waals surface area (Å²) in [5.41, 5.74) is 2.24. The van der Waals surface area contributed by atoms with Gasteiger partial charge in [0.25, 0.3) is 5.91 Å². The fourth-order valence-corrected chi connectivity index (χ4v) is 3.10. The highest BCUT2D eigenvalue weighted by molar-refractivity contribution is 5.96. The number of likely N-dealkylation sites (tertiary alicyclic amines) is 1. The number of anilines is 2. The van der Waals surface area contributed by atoms with Crippen molar-refractivity contribution in [3.63, 3.8) is 0 Å². The van der Waals surface area contributed by atoms with Crippen LogP contribution in [0.4, 0.5) is 11.4 Å². The molecule has 2 aromatic rings. The number of para-hydroxylation sites is 1. The van der Waals surface area contributed by atoms with Crippen molar-refractivity contribution in [2.75, 3.05) is 25.0 Å². The highest BCUT2D eigenvalue weighted by Crippen LogP contribution is 2.22. The molecule has 0 bridgehead atoms. The molecule has 27 heavy (non-hydrogen) atoms. The van der Waals surface area contributed by atoms with Gasteiger partial charge in [-0.15, -0.1) is 0 Å². The summed E-state index contributed by atoms with van der Waals surface area (Å²) in [6.07, 6.45) is 3.69. The minimum atomic E-state index is -0.375. The molecule has 1 N–H and O–H groups in total. The molecule has 2 heterocycles. The van der Waals surface area contributed by atoms with Gasteiger partial charge in [0.05, 0.1) is 29.7 Å². The molecule has 1 saturated heterocycles. The molecular formula is C21H25N3O3. The zero-order valence-corrected chi connectivity index (χ0v) is 15.8. The molecule has 6 heteroatoms. The van der Waals surface area contributed by atoms with E-state index in [1.807, 2.05) is 11.0 Å². The second-order valence-corrected chi connectivity index (χ2v) is 6.80. The quantitative estimate of drug-likeness (QED) is 0.812. The number of amides is 1. The van der Waals surface area contributed by atoms with Crippen LogP contribution in [0.3, 0.4) is 0 Å². The van der Waals surface area contributed by atoms with Crippen molar-refractivity contribution in [1.82, 2.24) is 9.88 Å². The number of piperidine rings is 1. The van der Waals surface area contributed by atoms with Gasteiger partial charge in [0.2, 0.25) is 0 Å². The lowest BCUT2D eigenvalue weighted by Crippen LogP contribution is -2.38. The van der Waals surface area contributed by atoms with E-state index in [2.05, 4.69) is 17.2 Å². The molecule has 0 saturated carbocycles. The lowest BCUT2D eigenvalue weighted by molar-refractivity contribution is 0.0527. The van der Waals surface area contributed by atoms with Crippen molar-refractivity contribution >= 4 is 23.3 Å². The molecule has 0 unspecified atom stereocenters. The highest BCUT2D eigenvalue weighted by Gasteiger charge is 2.22. The Kier molecular flexibility index (Phi) is 6.06. The van der Waals surface area contributed by atoms with Crippen LogP contribution in [-0.2, 0) is 4.74 Å². The van der Waals surface area contributed by atoms with E-state index < -0.39 is 0 Å². The van der Waals surface area contributed by atoms with Gasteiger partial charge in [-0.25, -0.2) is 9.78 Å². The smallest absolute Gasteiger partial charge is 0.340 e. The first-order chi connectivity index (χ1) is 13.1. The van der Waals surface area contributed by atoms with Gasteiger partial charge in [-0.05, 0) is 49.9 Å². The molecular weight excluding hydrogens is 342 g/mol. The number of aromatic nitrogens is 1. The van der Waals surface area contributed by atoms with E-state index >= 15 is 0 Å². The van der Waals surface area contributed by atoms with Crippen LogP contribution in [0.15, 0.2) is 42.6 Å². The Hall–Kier alpha value is -2.89. The van der Waals surface area contributed by atoms with Crippen LogP contribution in [-0.4, -0.2) is 41.5 Å². The van der Waals surface area contributed by atoms with Gasteiger partial charge in [0, 0.05) is 13.1 Å². The van der Waals surface area contributed by atoms with Crippen LogP contribution < -0.4 is 5.32 Å². The Balaban J connectivity index is 1.70. The molecule has 1 amide bonds. The standard InChI is InChI=1S/C21H25N3O3/c1-3-27-21(26)17-6-4-5-7-18(17)23-16-8-9-19(22-14-16)20(25)24-12-10-15(2)11-13-24/h4-9,14-15,23H,3,10-13H2,1-2H3. The van der Waals surface area contributed by atoms with Gasteiger partial charge in [-0.3, -0.25) is 4.79 Å². The summed E-state index contributed by atoms with van der Waals surface area (Å²) in [7, 11) is 0. The normalized spacial score (nSPS) is 14.7. The predicted octanol–water partition coefficient (Wildman–Crippen LogP) is 3.87. The maximum absolute atomic E-state index is 12.6. The number of carbonyl (C=O) groups is 2. The van der Waals surface area contributed by atoms with Gasteiger partial charge in [-0.1, -0.05) is 19.1 Å². The number of carbonyl (C=O) groups excluding carboxylic acids is 2. The third kappa shape index (κ3) is 4.64. The third-order valence-corrected chi connectivity index (χ3v) is 4.75. The minimum Gasteiger partial charge on any atom is -0.462 e. The number of nitrogens with zero attached hydrogens (tertiary/aromatic N) is 2. The largest absolute Gasteiger partial charge is 0.462 e. The second-order valence-electron chi connectivity index (χ2n) is 6.80. The molecule has 0 spiro atoms. The summed E-state index contributed by atoms with van der Waals surface area (Å²) in [5, 5.41) is 3.18. The van der Waals surface area contributed by atoms with E-state index in [1.165, 1.54) is 0 Å². The molecule has 6 nitrogen and oxygen atoms in total. The van der Waals surface area contributed by atoms with E-state index in [1.54, 1.807) is 43.5 Å². The van der Waals surface area contributed by atoms with Crippen LogP contribution in [0.25, 0.3) is 0 Å². The Morgan fingerprint density at radius 2 is 1.93 bits per heavy atom. The highest BCUT2D eigenvalue weighted by atomic mass is 16.5. The Labute approximate surface area is 159 Å². The van der Waals surface area contributed by atoms with Crippen molar-refractivity contribution in [3.05, 3.63) is 53.9 Å². The van der Waals surface area contributed by atoms with Crippen molar-refractivity contribution in [2.24, 2.45) is 5.92 Å². The predicted molar refractivity (Wildman–Crippen MR) is 104 cm³/mol. The summed E-state index contributed by atoms with van der Waals surface area (Å²) in [4.78, 5) is 30.8. The van der Waals surface area contributed by atoms with Gasteiger partial charge >= 0.3 is 5.97 Å². The van der Waals surface area contributed by atoms with E-state index in [-0.39, 0.29) is 11.9 Å². The SMILES string of the molecule is CCOC(=O)c1ccccc1Nc1ccc(C(=O)N2CCC(C)CC2)nc1. The molecule has 1 fully saturated rings. The molecule has 142 valence electrons. The number of rotatable bonds is 5. The molecule has 1 aliphatic rings. The van der Waals surface area contributed by atoms with Crippen molar-refractivity contribution in [3.8, 4) is 0 Å². The maximum Gasteiger partial charge on any atom is 0.340 e. The summed E-state index contributed by atoms with van der Waals surface area (Å²) in [6.45, 7) is 5.88. The van der Waals surface area contributed by atoms with Crippen LogP contribution >= 0.6 is 0 Å². The average Bonchev–Trinajstić information content (AvgIpc) is 2.69. The summed E-state index contributed by atoms with van der Waals surface area (Å²) >= 11 is 0. The lowest BCUT2D eigenvalue weighted by Gasteiger charge is -2.30. The Bertz CT molecular complexity index is 797. The number of ether oxygens (including phenoxy) is 1. The maximum atomic E-state index is 12.6. The summed E-state index contributed by atoms with van der Waals surface area (Å²) < 4.78 is 5.09. The number of benzene rings is 1. The van der Waals surface area contributed by atoms with E-state index in [4.69, 9.17) is 4.74 Å². The Morgan fingerprint density at radius 1 is 1.19 bits per heavy atom. The zero-order chi connectivity index (χ0) is 19.2. The molecule has 0 atom stereocenters. The number of hydrogen-bond donors (Lipinski definition) is 1. The van der Waals surface area contributed by atoms with Crippen LogP contribution in [0.5, 0.6) is 0 Å². The summed E-state index contributed by atoms with van der Waals surface area (Å²) in [5.74, 6) is 0.271. The minimum absolute atomic E-state index is 0.0274. The van der Waals surface area contributed by atoms with Crippen LogP contribution in [0.2, 0.25) is 0 Å². The first kappa shape index (κ1) is 18.9. The average molecular weight is 367 g/mol. The van der Waals surface area contributed by atoms with Gasteiger partial charge in [0.15, 0.2) is 0 Å². The van der Waals surface area contributed by atoms with Crippen LogP contribution in [0.1, 0.15) is 47.5 Å². The van der Waals surface area contributed by atoms with E-state index in [9.17, 15) is 9.59 Å². The Morgan fingerprint density at radius 3 is 2.59 bits per heavy atom. The number of nitrogens with one attached hydrogen (secondary N) is 1. The van der Waals surface area contributed by atoms with Crippen LogP contribution in [0, 0.1) is 5.92 Å². The number of esters is 1. The first-order valence-electron chi connectivity index (χ1n) is 9.37. The third-order valence-electron chi connectivity index (χ3n) is 4.75. The van der Waals surface area contributed by atoms with Crippen molar-refractivity contribution in [2.45, 2.75) is 26.7 Å². The van der Waals surface area contributed by atoms with Gasteiger partial charge < -0.3 is 15.0 Å². The first-order valence-corrected chi connectivity index (χ1v) is 9.37. The molecule has 1 aliphatic heterocycles. The monoisotopic (exact) mass is 367 g/mol. The molecule has 3 rings (SSSR count). The van der Waals surface area contributed by atoms with E-state index in [0.29, 0.717) is 35.2 Å². The second kappa shape index (κ2) is 8.66. The van der Waals surface area contributed by atoms with E-state index in [0.717, 1.165) is 25.9 Å². The fraction of sp³-hybridized carbons (Fsp3) is 0.381. The molecule has 1 aromatic heterocycles. The molecule has 0 radical (unpaired) electrons. The number of pyridine rings is 1. The molecule has 0 aliphatic carbocycles. The van der Waals surface area contributed by atoms with Crippen molar-refractivity contribution in [1.29, 1.82) is 0 Å².